The van der Waals surface area contributed by atoms with Gasteiger partial charge in [-0.1, -0.05) is 68.4 Å². The number of nitrogens with zero attached hydrogens (tertiary/aromatic N) is 1. The topological polar surface area (TPSA) is 67.4 Å². The minimum Gasteiger partial charge on any atom is -0.488 e. The fraction of sp³-hybridized carbons (Fsp3) is 0.250. The van der Waals surface area contributed by atoms with Crippen LogP contribution in [-0.4, -0.2) is 28.8 Å². The van der Waals surface area contributed by atoms with Crippen LogP contribution >= 0.6 is 0 Å². The molecule has 0 aliphatic heterocycles. The minimum atomic E-state index is -4.64. The Labute approximate surface area is 207 Å². The molecule has 8 heteroatoms. The molecule has 0 saturated carbocycles. The van der Waals surface area contributed by atoms with Crippen LogP contribution in [0.4, 0.5) is 13.2 Å². The number of nitrogens with one attached hydrogen (secondary N) is 1. The first-order valence-electron chi connectivity index (χ1n) is 11.4. The van der Waals surface area contributed by atoms with Gasteiger partial charge in [-0.05, 0) is 34.9 Å². The zero-order valence-corrected chi connectivity index (χ0v) is 20.2. The molecule has 0 bridgehead atoms. The van der Waals surface area contributed by atoms with E-state index in [0.717, 1.165) is 22.8 Å². The first kappa shape index (κ1) is 25.3. The van der Waals surface area contributed by atoms with Crippen LogP contribution in [0.3, 0.4) is 0 Å². The van der Waals surface area contributed by atoms with Crippen molar-refractivity contribution in [1.29, 1.82) is 0 Å². The maximum absolute atomic E-state index is 14.0. The second-order valence-corrected chi connectivity index (χ2v) is 9.07. The number of aliphatic hydroxyl groups excluding tert-OH is 1. The number of benzene rings is 3. The summed E-state index contributed by atoms with van der Waals surface area (Å²) in [6.45, 7) is 3.31. The molecule has 0 aliphatic rings. The number of hydrogen-bond donors (Lipinski definition) is 2. The summed E-state index contributed by atoms with van der Waals surface area (Å²) < 4.78 is 52.8. The lowest BCUT2D eigenvalue weighted by atomic mass is 9.94. The average Bonchev–Trinajstić information content (AvgIpc) is 3.33. The van der Waals surface area contributed by atoms with Crippen LogP contribution in [0, 0.1) is 0 Å². The molecular formula is C28H27F3N2O3. The molecule has 4 aromatic rings. The number of methoxy groups -OCH3 is 1. The van der Waals surface area contributed by atoms with E-state index in [9.17, 15) is 18.3 Å². The van der Waals surface area contributed by atoms with Crippen molar-refractivity contribution in [2.75, 3.05) is 13.7 Å². The van der Waals surface area contributed by atoms with Gasteiger partial charge in [0.25, 0.3) is 0 Å². The molecule has 4 rings (SSSR count). The van der Waals surface area contributed by atoms with Crippen LogP contribution < -0.4 is 9.47 Å². The van der Waals surface area contributed by atoms with E-state index in [-0.39, 0.29) is 30.4 Å². The van der Waals surface area contributed by atoms with E-state index in [0.29, 0.717) is 11.5 Å². The first-order chi connectivity index (χ1) is 17.1. The number of H-pyrrole nitrogens is 1. The maximum Gasteiger partial charge on any atom is 0.419 e. The van der Waals surface area contributed by atoms with Gasteiger partial charge in [-0.3, -0.25) is 0 Å². The summed E-state index contributed by atoms with van der Waals surface area (Å²) >= 11 is 0. The smallest absolute Gasteiger partial charge is 0.419 e. The van der Waals surface area contributed by atoms with Gasteiger partial charge in [0.1, 0.15) is 23.9 Å². The predicted octanol–water partition coefficient (Wildman–Crippen LogP) is 6.62. The van der Waals surface area contributed by atoms with Gasteiger partial charge in [-0.25, -0.2) is 0 Å². The van der Waals surface area contributed by atoms with Crippen molar-refractivity contribution >= 4 is 0 Å². The second-order valence-electron chi connectivity index (χ2n) is 9.07. The molecule has 2 N–H and O–H groups in total. The Hall–Kier alpha value is -3.78. The highest BCUT2D eigenvalue weighted by molar-refractivity contribution is 5.68. The molecule has 0 radical (unpaired) electrons. The summed E-state index contributed by atoms with van der Waals surface area (Å²) in [5, 5.41) is 9.64. The van der Waals surface area contributed by atoms with Crippen LogP contribution in [0.25, 0.3) is 22.4 Å². The highest BCUT2D eigenvalue weighted by Crippen LogP contribution is 2.41. The number of aromatic amines is 1. The number of rotatable bonds is 8. The van der Waals surface area contributed by atoms with Crippen molar-refractivity contribution in [3.63, 3.8) is 0 Å². The zero-order chi connectivity index (χ0) is 25.9. The van der Waals surface area contributed by atoms with Gasteiger partial charge in [0.05, 0.1) is 19.3 Å². The SMILES string of the molecule is COc1nc(C(C)(C)CO)[nH]c1-c1ccc(OCc2ccc(-c3ccccc3)cc2)c(C(F)(F)F)c1. The molecule has 3 aromatic carbocycles. The molecule has 5 nitrogen and oxygen atoms in total. The Balaban J connectivity index is 1.60. The molecule has 0 saturated heterocycles. The lowest BCUT2D eigenvalue weighted by Gasteiger charge is -2.18. The number of ether oxygens (including phenoxy) is 2. The quantitative estimate of drug-likeness (QED) is 0.288. The Morgan fingerprint density at radius 3 is 2.14 bits per heavy atom. The van der Waals surface area contributed by atoms with Gasteiger partial charge < -0.3 is 19.6 Å². The number of hydrogen-bond acceptors (Lipinski definition) is 4. The highest BCUT2D eigenvalue weighted by atomic mass is 19.4. The van der Waals surface area contributed by atoms with Crippen molar-refractivity contribution in [3.8, 4) is 34.0 Å². The van der Waals surface area contributed by atoms with Crippen LogP contribution in [0.1, 0.15) is 30.8 Å². The van der Waals surface area contributed by atoms with E-state index in [1.54, 1.807) is 13.8 Å². The summed E-state index contributed by atoms with van der Waals surface area (Å²) in [6, 6.07) is 21.2. The van der Waals surface area contributed by atoms with Crippen LogP contribution in [0.15, 0.2) is 72.8 Å². The highest BCUT2D eigenvalue weighted by Gasteiger charge is 2.35. The van der Waals surface area contributed by atoms with Crippen molar-refractivity contribution < 1.29 is 27.8 Å². The van der Waals surface area contributed by atoms with Crippen molar-refractivity contribution in [1.82, 2.24) is 9.97 Å². The number of aromatic nitrogens is 2. The minimum absolute atomic E-state index is 0.0142. The van der Waals surface area contributed by atoms with E-state index >= 15 is 0 Å². The van der Waals surface area contributed by atoms with E-state index < -0.39 is 17.2 Å². The van der Waals surface area contributed by atoms with E-state index in [1.807, 2.05) is 54.6 Å². The molecule has 0 aliphatic carbocycles. The predicted molar refractivity (Wildman–Crippen MR) is 132 cm³/mol. The van der Waals surface area contributed by atoms with Gasteiger partial charge in [-0.2, -0.15) is 18.2 Å². The van der Waals surface area contributed by atoms with Gasteiger partial charge in [0.2, 0.25) is 5.88 Å². The third-order valence-electron chi connectivity index (χ3n) is 5.93. The van der Waals surface area contributed by atoms with Crippen molar-refractivity contribution in [2.24, 2.45) is 0 Å². The second kappa shape index (κ2) is 10.1. The fourth-order valence-electron chi connectivity index (χ4n) is 3.71. The Kier molecular flexibility index (Phi) is 7.08. The Bertz CT molecular complexity index is 1310. The van der Waals surface area contributed by atoms with Crippen LogP contribution in [0.2, 0.25) is 0 Å². The lowest BCUT2D eigenvalue weighted by Crippen LogP contribution is -2.23. The van der Waals surface area contributed by atoms with Gasteiger partial charge in [0.15, 0.2) is 0 Å². The Morgan fingerprint density at radius 2 is 1.53 bits per heavy atom. The third kappa shape index (κ3) is 5.39. The molecule has 188 valence electrons. The van der Waals surface area contributed by atoms with E-state index in [1.165, 1.54) is 19.2 Å². The molecule has 0 amide bonds. The molecule has 36 heavy (non-hydrogen) atoms. The van der Waals surface area contributed by atoms with Crippen molar-refractivity contribution in [2.45, 2.75) is 32.0 Å². The van der Waals surface area contributed by atoms with Gasteiger partial charge >= 0.3 is 6.18 Å². The van der Waals surface area contributed by atoms with E-state index in [4.69, 9.17) is 9.47 Å². The van der Waals surface area contributed by atoms with Gasteiger partial charge in [-0.15, -0.1) is 0 Å². The zero-order valence-electron chi connectivity index (χ0n) is 20.2. The van der Waals surface area contributed by atoms with Gasteiger partial charge in [0, 0.05) is 11.0 Å². The fourth-order valence-corrected chi connectivity index (χ4v) is 3.71. The Morgan fingerprint density at radius 1 is 0.889 bits per heavy atom. The first-order valence-corrected chi connectivity index (χ1v) is 11.4. The standard InChI is InChI=1S/C28H27F3N2O3/c1-27(2,17-34)26-32-24(25(33-26)35-3)21-13-14-23(22(15-21)28(29,30)31)36-16-18-9-11-20(12-10-18)19-7-5-4-6-8-19/h4-15,34H,16-17H2,1-3H3,(H,32,33). The summed E-state index contributed by atoms with van der Waals surface area (Å²) in [7, 11) is 1.39. The summed E-state index contributed by atoms with van der Waals surface area (Å²) in [5.74, 6) is 0.282. The third-order valence-corrected chi connectivity index (χ3v) is 5.93. The summed E-state index contributed by atoms with van der Waals surface area (Å²) in [4.78, 5) is 7.33. The normalized spacial score (nSPS) is 12.0. The molecular weight excluding hydrogens is 469 g/mol. The molecule has 0 spiro atoms. The molecule has 1 heterocycles. The average molecular weight is 497 g/mol. The van der Waals surface area contributed by atoms with Crippen molar-refractivity contribution in [3.05, 3.63) is 89.7 Å². The molecule has 0 fully saturated rings. The maximum atomic E-state index is 14.0. The number of alkyl halides is 3. The van der Waals surface area contributed by atoms with Crippen LogP contribution in [0.5, 0.6) is 11.6 Å². The number of aliphatic hydroxyl groups is 1. The molecule has 0 atom stereocenters. The monoisotopic (exact) mass is 496 g/mol. The van der Waals surface area contributed by atoms with Crippen LogP contribution in [-0.2, 0) is 18.2 Å². The largest absolute Gasteiger partial charge is 0.488 e. The number of imidazole rings is 1. The number of halogens is 3. The molecule has 1 aromatic heterocycles. The summed E-state index contributed by atoms with van der Waals surface area (Å²) in [5.41, 5.74) is 1.72. The lowest BCUT2D eigenvalue weighted by molar-refractivity contribution is -0.139. The molecule has 0 unspecified atom stereocenters. The summed E-state index contributed by atoms with van der Waals surface area (Å²) in [6.07, 6.45) is -4.64. The van der Waals surface area contributed by atoms with E-state index in [2.05, 4.69) is 9.97 Å².